The topological polar surface area (TPSA) is 61.9 Å². The smallest absolute Gasteiger partial charge is 0.229 e. The lowest BCUT2D eigenvalue weighted by Gasteiger charge is -2.39. The van der Waals surface area contributed by atoms with Crippen LogP contribution in [0.5, 0.6) is 11.5 Å². The number of nitrogens with zero attached hydrogens (tertiary/aromatic N) is 2. The number of anilines is 1. The van der Waals surface area contributed by atoms with Crippen LogP contribution < -0.4 is 9.46 Å². The van der Waals surface area contributed by atoms with Crippen molar-refractivity contribution in [2.45, 2.75) is 83.7 Å². The van der Waals surface area contributed by atoms with Gasteiger partial charge in [-0.1, -0.05) is 57.6 Å². The van der Waals surface area contributed by atoms with Crippen LogP contribution in [0, 0.1) is 5.92 Å². The number of halogens is 2. The Morgan fingerprint density at radius 1 is 0.875 bits per heavy atom. The van der Waals surface area contributed by atoms with Gasteiger partial charge in [0, 0.05) is 18.3 Å². The summed E-state index contributed by atoms with van der Waals surface area (Å²) >= 11 is 0. The molecular formula is C31H49Cl2N3O3S. The second-order valence-corrected chi connectivity index (χ2v) is 13.1. The molecule has 6 nitrogen and oxygen atoms in total. The normalized spacial score (nSPS) is 17.2. The minimum atomic E-state index is -3.28. The summed E-state index contributed by atoms with van der Waals surface area (Å²) in [6, 6.07) is 16.0. The Balaban J connectivity index is 0.00000280. The van der Waals surface area contributed by atoms with Crippen molar-refractivity contribution in [2.75, 3.05) is 37.2 Å². The molecule has 4 rings (SSSR count). The number of likely N-dealkylation sites (tertiary alicyclic amines) is 1. The average Bonchev–Trinajstić information content (AvgIpc) is 2.91. The zero-order valence-electron chi connectivity index (χ0n) is 24.2. The molecule has 0 unspecified atom stereocenters. The molecule has 2 aliphatic rings. The van der Waals surface area contributed by atoms with E-state index in [0.717, 1.165) is 30.5 Å². The highest BCUT2D eigenvalue weighted by molar-refractivity contribution is 7.92. The summed E-state index contributed by atoms with van der Waals surface area (Å²) in [5.41, 5.74) is 1.83. The van der Waals surface area contributed by atoms with E-state index in [1.807, 2.05) is 12.1 Å². The Bertz CT molecular complexity index is 1070. The van der Waals surface area contributed by atoms with Gasteiger partial charge in [-0.05, 0) is 99.7 Å². The van der Waals surface area contributed by atoms with Crippen LogP contribution >= 0.6 is 24.8 Å². The van der Waals surface area contributed by atoms with Gasteiger partial charge in [0.2, 0.25) is 10.0 Å². The Morgan fingerprint density at radius 3 is 2.05 bits per heavy atom. The van der Waals surface area contributed by atoms with Crippen molar-refractivity contribution in [3.05, 3.63) is 54.1 Å². The van der Waals surface area contributed by atoms with Crippen molar-refractivity contribution >= 4 is 40.5 Å². The molecule has 2 aromatic rings. The van der Waals surface area contributed by atoms with Crippen molar-refractivity contribution in [3.8, 4) is 11.5 Å². The lowest BCUT2D eigenvalue weighted by atomic mass is 9.86. The fraction of sp³-hybridized carbons (Fsp3) is 0.613. The molecule has 0 bridgehead atoms. The van der Waals surface area contributed by atoms with Crippen LogP contribution in [0.3, 0.4) is 0 Å². The van der Waals surface area contributed by atoms with Gasteiger partial charge < -0.3 is 9.64 Å². The summed E-state index contributed by atoms with van der Waals surface area (Å²) in [6.45, 7) is 8.20. The van der Waals surface area contributed by atoms with Crippen molar-refractivity contribution in [2.24, 2.45) is 5.92 Å². The molecule has 226 valence electrons. The third-order valence-electron chi connectivity index (χ3n) is 8.14. The predicted molar refractivity (Wildman–Crippen MR) is 172 cm³/mol. The number of nitrogens with one attached hydrogen (secondary N) is 1. The highest BCUT2D eigenvalue weighted by Gasteiger charge is 2.25. The van der Waals surface area contributed by atoms with E-state index < -0.39 is 10.0 Å². The third-order valence-corrected chi connectivity index (χ3v) is 8.75. The van der Waals surface area contributed by atoms with Crippen molar-refractivity contribution in [1.29, 1.82) is 0 Å². The Morgan fingerprint density at radius 2 is 1.48 bits per heavy atom. The summed E-state index contributed by atoms with van der Waals surface area (Å²) in [5, 5.41) is 0. The third kappa shape index (κ3) is 11.8. The van der Waals surface area contributed by atoms with Crippen LogP contribution in [-0.4, -0.2) is 56.7 Å². The number of hydrogen-bond donors (Lipinski definition) is 1. The molecule has 2 aromatic carbocycles. The lowest BCUT2D eigenvalue weighted by molar-refractivity contribution is 0.0959. The first kappa shape index (κ1) is 34.7. The van der Waals surface area contributed by atoms with Gasteiger partial charge in [-0.2, -0.15) is 0 Å². The van der Waals surface area contributed by atoms with E-state index in [1.54, 1.807) is 24.3 Å². The van der Waals surface area contributed by atoms with Crippen LogP contribution in [0.1, 0.15) is 76.7 Å². The molecule has 1 saturated heterocycles. The molecule has 0 spiro atoms. The number of unbranched alkanes of at least 4 members (excludes halogenated alkanes) is 1. The quantitative estimate of drug-likeness (QED) is 0.250. The summed E-state index contributed by atoms with van der Waals surface area (Å²) in [7, 11) is -3.28. The minimum absolute atomic E-state index is 0. The fourth-order valence-electron chi connectivity index (χ4n) is 5.97. The SMILES string of the molecule is CCCCN(CCC1CCCCC1)C1CCN(Cc2ccc(Oc3ccc(NS(C)(=O)=O)cc3)cc2)CC1.Cl.Cl. The first-order valence-corrected chi connectivity index (χ1v) is 16.6. The molecule has 9 heteroatoms. The maximum atomic E-state index is 11.4. The number of hydrogen-bond acceptors (Lipinski definition) is 5. The lowest BCUT2D eigenvalue weighted by Crippen LogP contribution is -2.45. The molecule has 0 aromatic heterocycles. The van der Waals surface area contributed by atoms with E-state index in [2.05, 4.69) is 33.6 Å². The molecule has 0 amide bonds. The monoisotopic (exact) mass is 613 g/mol. The second kappa shape index (κ2) is 17.4. The van der Waals surface area contributed by atoms with Gasteiger partial charge in [-0.3, -0.25) is 9.62 Å². The van der Waals surface area contributed by atoms with Crippen molar-refractivity contribution in [1.82, 2.24) is 9.80 Å². The zero-order valence-corrected chi connectivity index (χ0v) is 26.7. The average molecular weight is 615 g/mol. The number of piperidine rings is 1. The van der Waals surface area contributed by atoms with Gasteiger partial charge in [0.1, 0.15) is 11.5 Å². The van der Waals surface area contributed by atoms with Crippen molar-refractivity contribution in [3.63, 3.8) is 0 Å². The van der Waals surface area contributed by atoms with E-state index in [0.29, 0.717) is 11.4 Å². The Hall–Kier alpha value is -1.51. The molecule has 1 aliphatic heterocycles. The Kier molecular flexibility index (Phi) is 15.1. The summed E-state index contributed by atoms with van der Waals surface area (Å²) < 4.78 is 31.2. The van der Waals surface area contributed by atoms with Crippen LogP contribution in [0.25, 0.3) is 0 Å². The highest BCUT2D eigenvalue weighted by Crippen LogP contribution is 2.28. The number of ether oxygens (including phenoxy) is 1. The predicted octanol–water partition coefficient (Wildman–Crippen LogP) is 7.73. The number of benzene rings is 2. The first-order chi connectivity index (χ1) is 18.4. The summed E-state index contributed by atoms with van der Waals surface area (Å²) in [6.07, 6.45) is 15.0. The van der Waals surface area contributed by atoms with Gasteiger partial charge in [0.15, 0.2) is 0 Å². The first-order valence-electron chi connectivity index (χ1n) is 14.7. The van der Waals surface area contributed by atoms with E-state index >= 15 is 0 Å². The molecule has 0 atom stereocenters. The zero-order chi connectivity index (χ0) is 26.8. The van der Waals surface area contributed by atoms with E-state index in [-0.39, 0.29) is 24.8 Å². The van der Waals surface area contributed by atoms with Gasteiger partial charge >= 0.3 is 0 Å². The molecule has 40 heavy (non-hydrogen) atoms. The summed E-state index contributed by atoms with van der Waals surface area (Å²) in [4.78, 5) is 5.43. The van der Waals surface area contributed by atoms with Gasteiger partial charge in [0.05, 0.1) is 6.26 Å². The largest absolute Gasteiger partial charge is 0.457 e. The standard InChI is InChI=1S/C31H47N3O3S.2ClH/c1-3-4-21-34(24-18-26-8-6-5-7-9-26)29-19-22-33(23-20-29)25-27-10-14-30(15-11-27)37-31-16-12-28(13-17-31)32-38(2,35)36;;/h10-17,26,29,32H,3-9,18-25H2,1-2H3;2*1H. The van der Waals surface area contributed by atoms with E-state index in [1.165, 1.54) is 96.0 Å². The van der Waals surface area contributed by atoms with Crippen LogP contribution in [0.2, 0.25) is 0 Å². The van der Waals surface area contributed by atoms with Gasteiger partial charge in [-0.25, -0.2) is 8.42 Å². The highest BCUT2D eigenvalue weighted by atomic mass is 35.5. The molecular weight excluding hydrogens is 565 g/mol. The molecule has 1 N–H and O–H groups in total. The number of sulfonamides is 1. The maximum absolute atomic E-state index is 11.4. The minimum Gasteiger partial charge on any atom is -0.457 e. The molecule has 2 fully saturated rings. The van der Waals surface area contributed by atoms with Gasteiger partial charge in [-0.15, -0.1) is 24.8 Å². The van der Waals surface area contributed by atoms with E-state index in [4.69, 9.17) is 4.74 Å². The van der Waals surface area contributed by atoms with Crippen LogP contribution in [0.4, 0.5) is 5.69 Å². The molecule has 1 saturated carbocycles. The Labute approximate surface area is 255 Å². The van der Waals surface area contributed by atoms with E-state index in [9.17, 15) is 8.42 Å². The fourth-order valence-corrected chi connectivity index (χ4v) is 6.53. The summed E-state index contributed by atoms with van der Waals surface area (Å²) in [5.74, 6) is 2.42. The van der Waals surface area contributed by atoms with Crippen molar-refractivity contribution < 1.29 is 13.2 Å². The second-order valence-electron chi connectivity index (χ2n) is 11.3. The molecule has 1 heterocycles. The maximum Gasteiger partial charge on any atom is 0.229 e. The molecule has 1 aliphatic carbocycles. The van der Waals surface area contributed by atoms with Crippen LogP contribution in [0.15, 0.2) is 48.5 Å². The number of rotatable bonds is 13. The molecule has 0 radical (unpaired) electrons. The van der Waals surface area contributed by atoms with Crippen LogP contribution in [-0.2, 0) is 16.6 Å². The van der Waals surface area contributed by atoms with Gasteiger partial charge in [0.25, 0.3) is 0 Å².